The molecule has 3 aromatic rings. The summed E-state index contributed by atoms with van der Waals surface area (Å²) in [7, 11) is 0. The van der Waals surface area contributed by atoms with Crippen LogP contribution in [0.15, 0.2) is 65.1 Å². The number of hydrogen-bond acceptors (Lipinski definition) is 5. The van der Waals surface area contributed by atoms with E-state index in [0.717, 1.165) is 61.6 Å². The van der Waals surface area contributed by atoms with Crippen molar-refractivity contribution in [3.05, 3.63) is 66.6 Å². The third kappa shape index (κ3) is 5.85. The second-order valence-electron chi connectivity index (χ2n) is 9.62. The van der Waals surface area contributed by atoms with Gasteiger partial charge >= 0.3 is 0 Å². The highest BCUT2D eigenvalue weighted by molar-refractivity contribution is 5.79. The van der Waals surface area contributed by atoms with E-state index in [9.17, 15) is 9.59 Å². The third-order valence-electron chi connectivity index (χ3n) is 7.10. The molecule has 2 aliphatic heterocycles. The van der Waals surface area contributed by atoms with Crippen LogP contribution in [-0.2, 0) is 16.0 Å². The first kappa shape index (κ1) is 24.3. The van der Waals surface area contributed by atoms with Crippen molar-refractivity contribution in [2.45, 2.75) is 32.1 Å². The fourth-order valence-corrected chi connectivity index (χ4v) is 5.01. The zero-order chi connectivity index (χ0) is 24.7. The van der Waals surface area contributed by atoms with Crippen molar-refractivity contribution in [2.75, 3.05) is 45.8 Å². The maximum Gasteiger partial charge on any atom is 0.236 e. The van der Waals surface area contributed by atoms with Crippen molar-refractivity contribution in [3.8, 4) is 22.6 Å². The molecule has 2 saturated heterocycles. The van der Waals surface area contributed by atoms with Gasteiger partial charge in [0.15, 0.2) is 11.7 Å². The van der Waals surface area contributed by atoms with E-state index < -0.39 is 0 Å². The van der Waals surface area contributed by atoms with Gasteiger partial charge in [-0.3, -0.25) is 14.5 Å². The molecule has 2 aliphatic rings. The van der Waals surface area contributed by atoms with Crippen molar-refractivity contribution in [1.82, 2.24) is 19.7 Å². The topological polar surface area (TPSA) is 69.9 Å². The molecule has 7 heteroatoms. The van der Waals surface area contributed by atoms with Crippen LogP contribution in [-0.4, -0.2) is 77.3 Å². The highest BCUT2D eigenvalue weighted by Crippen LogP contribution is 2.32. The standard InChI is InChI=1S/C29H34N4O3/c34-26(33-20-18-31(19-21-33)22-27(35)32-16-8-3-9-17-32)15-14-25-30-28(23-10-4-1-5-11-23)29(36-25)24-12-6-2-7-13-24/h1-2,4-7,10-13H,3,8-9,14-22H2. The second kappa shape index (κ2) is 11.5. The number of aryl methyl sites for hydroxylation is 1. The fraction of sp³-hybridized carbons (Fsp3) is 0.414. The summed E-state index contributed by atoms with van der Waals surface area (Å²) in [5, 5.41) is 0. The van der Waals surface area contributed by atoms with E-state index in [1.807, 2.05) is 70.5 Å². The van der Waals surface area contributed by atoms with Gasteiger partial charge in [-0.2, -0.15) is 0 Å². The summed E-state index contributed by atoms with van der Waals surface area (Å²) in [5.74, 6) is 1.64. The Bertz CT molecular complexity index is 1090. The van der Waals surface area contributed by atoms with Crippen LogP contribution in [0.4, 0.5) is 0 Å². The first-order chi connectivity index (χ1) is 17.7. The Kier molecular flexibility index (Phi) is 7.76. The number of aromatic nitrogens is 1. The fourth-order valence-electron chi connectivity index (χ4n) is 5.01. The Labute approximate surface area is 212 Å². The minimum atomic E-state index is 0.109. The molecule has 188 valence electrons. The van der Waals surface area contributed by atoms with Crippen LogP contribution in [0.3, 0.4) is 0 Å². The molecular weight excluding hydrogens is 452 g/mol. The summed E-state index contributed by atoms with van der Waals surface area (Å²) in [6, 6.07) is 20.0. The molecule has 0 radical (unpaired) electrons. The Morgan fingerprint density at radius 1 is 0.722 bits per heavy atom. The minimum absolute atomic E-state index is 0.109. The molecule has 3 heterocycles. The molecule has 0 N–H and O–H groups in total. The summed E-state index contributed by atoms with van der Waals surface area (Å²) < 4.78 is 6.18. The summed E-state index contributed by atoms with van der Waals surface area (Å²) >= 11 is 0. The van der Waals surface area contributed by atoms with Crippen molar-refractivity contribution in [2.24, 2.45) is 0 Å². The Morgan fingerprint density at radius 2 is 1.33 bits per heavy atom. The lowest BCUT2D eigenvalue weighted by Crippen LogP contribution is -2.52. The normalized spacial score (nSPS) is 16.8. The first-order valence-electron chi connectivity index (χ1n) is 13.1. The van der Waals surface area contributed by atoms with Gasteiger partial charge in [0.25, 0.3) is 0 Å². The van der Waals surface area contributed by atoms with Gasteiger partial charge in [0.1, 0.15) is 5.69 Å². The van der Waals surface area contributed by atoms with E-state index in [-0.39, 0.29) is 11.8 Å². The number of amides is 2. The van der Waals surface area contributed by atoms with Gasteiger partial charge in [-0.05, 0) is 19.3 Å². The molecule has 0 unspecified atom stereocenters. The number of oxazole rings is 1. The number of carbonyl (C=O) groups excluding carboxylic acids is 2. The van der Waals surface area contributed by atoms with E-state index in [1.54, 1.807) is 0 Å². The molecule has 1 aromatic heterocycles. The lowest BCUT2D eigenvalue weighted by atomic mass is 10.1. The number of piperidine rings is 1. The molecule has 0 aliphatic carbocycles. The monoisotopic (exact) mass is 486 g/mol. The van der Waals surface area contributed by atoms with Crippen LogP contribution in [0.25, 0.3) is 22.6 Å². The van der Waals surface area contributed by atoms with Gasteiger partial charge in [0.05, 0.1) is 6.54 Å². The first-order valence-corrected chi connectivity index (χ1v) is 13.1. The average molecular weight is 487 g/mol. The number of carbonyl (C=O) groups is 2. The van der Waals surface area contributed by atoms with Gasteiger partial charge < -0.3 is 14.2 Å². The number of likely N-dealkylation sites (tertiary alicyclic amines) is 1. The minimum Gasteiger partial charge on any atom is -0.440 e. The Balaban J connectivity index is 1.16. The third-order valence-corrected chi connectivity index (χ3v) is 7.10. The van der Waals surface area contributed by atoms with Gasteiger partial charge in [0, 0.05) is 63.2 Å². The molecule has 0 spiro atoms. The highest BCUT2D eigenvalue weighted by atomic mass is 16.4. The van der Waals surface area contributed by atoms with E-state index in [1.165, 1.54) is 6.42 Å². The highest BCUT2D eigenvalue weighted by Gasteiger charge is 2.25. The quantitative estimate of drug-likeness (QED) is 0.503. The number of hydrogen-bond donors (Lipinski definition) is 0. The number of piperazine rings is 1. The SMILES string of the molecule is O=C(CCc1nc(-c2ccccc2)c(-c2ccccc2)o1)N1CCN(CC(=O)N2CCCCC2)CC1. The van der Waals surface area contributed by atoms with Crippen LogP contribution in [0.1, 0.15) is 31.6 Å². The maximum atomic E-state index is 12.9. The Morgan fingerprint density at radius 3 is 2.00 bits per heavy atom. The van der Waals surface area contributed by atoms with E-state index in [4.69, 9.17) is 9.40 Å². The average Bonchev–Trinajstić information content (AvgIpc) is 3.38. The summed E-state index contributed by atoms with van der Waals surface area (Å²) in [6.07, 6.45) is 4.25. The summed E-state index contributed by atoms with van der Waals surface area (Å²) in [4.78, 5) is 36.3. The largest absolute Gasteiger partial charge is 0.440 e. The van der Waals surface area contributed by atoms with Gasteiger partial charge in [0.2, 0.25) is 11.8 Å². The van der Waals surface area contributed by atoms with Gasteiger partial charge in [-0.25, -0.2) is 4.98 Å². The maximum absolute atomic E-state index is 12.9. The van der Waals surface area contributed by atoms with Crippen LogP contribution in [0.2, 0.25) is 0 Å². The number of benzene rings is 2. The van der Waals surface area contributed by atoms with Crippen LogP contribution < -0.4 is 0 Å². The molecule has 2 fully saturated rings. The van der Waals surface area contributed by atoms with Crippen LogP contribution in [0, 0.1) is 0 Å². The lowest BCUT2D eigenvalue weighted by molar-refractivity contribution is -0.135. The van der Waals surface area contributed by atoms with Crippen molar-refractivity contribution in [3.63, 3.8) is 0 Å². The predicted octanol–water partition coefficient (Wildman–Crippen LogP) is 4.10. The number of nitrogens with zero attached hydrogens (tertiary/aromatic N) is 4. The van der Waals surface area contributed by atoms with Crippen LogP contribution in [0.5, 0.6) is 0 Å². The molecule has 2 aromatic carbocycles. The molecular formula is C29H34N4O3. The van der Waals surface area contributed by atoms with E-state index in [0.29, 0.717) is 38.4 Å². The predicted molar refractivity (Wildman–Crippen MR) is 139 cm³/mol. The molecule has 0 saturated carbocycles. The van der Waals surface area contributed by atoms with E-state index in [2.05, 4.69) is 4.90 Å². The molecule has 5 rings (SSSR count). The molecule has 0 bridgehead atoms. The van der Waals surface area contributed by atoms with E-state index >= 15 is 0 Å². The molecule has 0 atom stereocenters. The second-order valence-corrected chi connectivity index (χ2v) is 9.62. The van der Waals surface area contributed by atoms with Gasteiger partial charge in [-0.1, -0.05) is 60.7 Å². The van der Waals surface area contributed by atoms with Crippen molar-refractivity contribution >= 4 is 11.8 Å². The van der Waals surface area contributed by atoms with Gasteiger partial charge in [-0.15, -0.1) is 0 Å². The molecule has 36 heavy (non-hydrogen) atoms. The zero-order valence-corrected chi connectivity index (χ0v) is 20.8. The van der Waals surface area contributed by atoms with Crippen molar-refractivity contribution < 1.29 is 14.0 Å². The smallest absolute Gasteiger partial charge is 0.236 e. The Hall–Kier alpha value is -3.45. The summed E-state index contributed by atoms with van der Waals surface area (Å²) in [5.41, 5.74) is 2.76. The zero-order valence-electron chi connectivity index (χ0n) is 20.8. The van der Waals surface area contributed by atoms with Crippen LogP contribution >= 0.6 is 0 Å². The summed E-state index contributed by atoms with van der Waals surface area (Å²) in [6.45, 7) is 5.01. The van der Waals surface area contributed by atoms with Crippen molar-refractivity contribution in [1.29, 1.82) is 0 Å². The molecule has 7 nitrogen and oxygen atoms in total. The number of rotatable bonds is 7. The lowest BCUT2D eigenvalue weighted by Gasteiger charge is -2.36. The molecule has 2 amide bonds.